The summed E-state index contributed by atoms with van der Waals surface area (Å²) in [6.45, 7) is 6.00. The quantitative estimate of drug-likeness (QED) is 0.364. The summed E-state index contributed by atoms with van der Waals surface area (Å²) in [5, 5.41) is 10.2. The van der Waals surface area contributed by atoms with E-state index < -0.39 is 0 Å². The Morgan fingerprint density at radius 1 is 1.44 bits per heavy atom. The maximum Gasteiger partial charge on any atom is 0.263 e. The second-order valence-corrected chi connectivity index (χ2v) is 7.65. The Labute approximate surface area is 154 Å². The lowest BCUT2D eigenvalue weighted by Gasteiger charge is -2.10. The molecule has 4 nitrogen and oxygen atoms in total. The fourth-order valence-corrected chi connectivity index (χ4v) is 4.41. The van der Waals surface area contributed by atoms with Gasteiger partial charge in [0.05, 0.1) is 17.4 Å². The van der Waals surface area contributed by atoms with Crippen LogP contribution in [0.25, 0.3) is 20.7 Å². The van der Waals surface area contributed by atoms with Crippen molar-refractivity contribution in [2.24, 2.45) is 5.92 Å². The van der Waals surface area contributed by atoms with E-state index in [4.69, 9.17) is 10.2 Å². The minimum absolute atomic E-state index is 0.0598. The van der Waals surface area contributed by atoms with E-state index >= 15 is 0 Å². The van der Waals surface area contributed by atoms with Gasteiger partial charge < -0.3 is 0 Å². The second kappa shape index (κ2) is 7.68. The Hall–Kier alpha value is -2.36. The van der Waals surface area contributed by atoms with E-state index in [1.807, 2.05) is 43.3 Å². The Morgan fingerprint density at radius 2 is 2.20 bits per heavy atom. The van der Waals surface area contributed by atoms with Crippen LogP contribution in [-0.4, -0.2) is 15.3 Å². The Bertz CT molecular complexity index is 999. The smallest absolute Gasteiger partial charge is 0.263 e. The Kier molecular flexibility index (Phi) is 5.37. The fourth-order valence-electron chi connectivity index (χ4n) is 2.38. The van der Waals surface area contributed by atoms with Crippen LogP contribution in [0, 0.1) is 17.2 Å². The molecule has 0 N–H and O–H groups in total. The highest BCUT2D eigenvalue weighted by Crippen LogP contribution is 2.32. The van der Waals surface area contributed by atoms with Crippen molar-refractivity contribution in [2.45, 2.75) is 18.6 Å². The van der Waals surface area contributed by atoms with Gasteiger partial charge in [-0.3, -0.25) is 9.36 Å². The van der Waals surface area contributed by atoms with Gasteiger partial charge in [0.2, 0.25) is 0 Å². The SMILES string of the molecule is C=CCn1c(SC[C@H](C)C#N)nc2sc(-c3ccccc3)cc2c1=O. The molecular formula is C19H17N3OS2. The van der Waals surface area contributed by atoms with Gasteiger partial charge in [0.1, 0.15) is 4.83 Å². The average molecular weight is 367 g/mol. The van der Waals surface area contributed by atoms with Gasteiger partial charge in [-0.1, -0.05) is 48.2 Å². The molecule has 1 aromatic carbocycles. The number of fused-ring (bicyclic) bond motifs is 1. The molecule has 0 spiro atoms. The van der Waals surface area contributed by atoms with Gasteiger partial charge in [0.25, 0.3) is 5.56 Å². The highest BCUT2D eigenvalue weighted by atomic mass is 32.2. The molecule has 25 heavy (non-hydrogen) atoms. The molecule has 1 atom stereocenters. The third kappa shape index (κ3) is 3.68. The molecule has 3 rings (SSSR count). The number of rotatable bonds is 6. The molecule has 0 fully saturated rings. The maximum absolute atomic E-state index is 12.9. The van der Waals surface area contributed by atoms with Gasteiger partial charge in [0, 0.05) is 17.2 Å². The van der Waals surface area contributed by atoms with Crippen LogP contribution < -0.4 is 5.56 Å². The molecule has 0 aliphatic heterocycles. The number of aromatic nitrogens is 2. The standard InChI is InChI=1S/C19H17N3OS2/c1-3-9-22-18(23)15-10-16(14-7-5-4-6-8-14)25-17(15)21-19(22)24-12-13(2)11-20/h3-8,10,13H,1,9,12H2,2H3/t13-/m1/s1. The largest absolute Gasteiger partial charge is 0.283 e. The van der Waals surface area contributed by atoms with Crippen LogP contribution >= 0.6 is 23.1 Å². The Morgan fingerprint density at radius 3 is 2.88 bits per heavy atom. The number of benzene rings is 1. The van der Waals surface area contributed by atoms with Gasteiger partial charge in [-0.15, -0.1) is 17.9 Å². The van der Waals surface area contributed by atoms with Gasteiger partial charge in [-0.2, -0.15) is 5.26 Å². The Balaban J connectivity index is 2.10. The van der Waals surface area contributed by atoms with Crippen LogP contribution in [0.4, 0.5) is 0 Å². The average Bonchev–Trinajstić information content (AvgIpc) is 3.07. The first kappa shape index (κ1) is 17.5. The molecule has 0 aliphatic carbocycles. The normalized spacial score (nSPS) is 12.0. The molecule has 0 aliphatic rings. The van der Waals surface area contributed by atoms with Crippen LogP contribution in [0.15, 0.2) is 59.0 Å². The third-order valence-electron chi connectivity index (χ3n) is 3.67. The van der Waals surface area contributed by atoms with Crippen LogP contribution in [0.1, 0.15) is 6.92 Å². The van der Waals surface area contributed by atoms with Crippen molar-refractivity contribution in [1.29, 1.82) is 5.26 Å². The maximum atomic E-state index is 12.9. The monoisotopic (exact) mass is 367 g/mol. The third-order valence-corrected chi connectivity index (χ3v) is 5.98. The topological polar surface area (TPSA) is 58.7 Å². The molecular weight excluding hydrogens is 350 g/mol. The predicted molar refractivity (Wildman–Crippen MR) is 105 cm³/mol. The summed E-state index contributed by atoms with van der Waals surface area (Å²) < 4.78 is 1.63. The lowest BCUT2D eigenvalue weighted by molar-refractivity contribution is 0.671. The molecule has 0 bridgehead atoms. The minimum Gasteiger partial charge on any atom is -0.283 e. The summed E-state index contributed by atoms with van der Waals surface area (Å²) in [5.41, 5.74) is 1.02. The van der Waals surface area contributed by atoms with E-state index in [1.165, 1.54) is 23.1 Å². The molecule has 0 radical (unpaired) electrons. The number of nitriles is 1. The van der Waals surface area contributed by atoms with E-state index in [0.717, 1.165) is 15.3 Å². The molecule has 6 heteroatoms. The van der Waals surface area contributed by atoms with Crippen LogP contribution in [0.2, 0.25) is 0 Å². The lowest BCUT2D eigenvalue weighted by Crippen LogP contribution is -2.22. The highest BCUT2D eigenvalue weighted by Gasteiger charge is 2.15. The second-order valence-electron chi connectivity index (χ2n) is 5.64. The number of hydrogen-bond acceptors (Lipinski definition) is 5. The zero-order valence-corrected chi connectivity index (χ0v) is 15.4. The molecule has 0 amide bonds. The summed E-state index contributed by atoms with van der Waals surface area (Å²) in [4.78, 5) is 19.4. The van der Waals surface area contributed by atoms with Crippen molar-refractivity contribution < 1.29 is 0 Å². The predicted octanol–water partition coefficient (Wildman–Crippen LogP) is 4.56. The summed E-state index contributed by atoms with van der Waals surface area (Å²) >= 11 is 2.96. The van der Waals surface area contributed by atoms with Gasteiger partial charge in [-0.25, -0.2) is 4.98 Å². The number of thiophene rings is 1. The number of hydrogen-bond donors (Lipinski definition) is 0. The molecule has 126 valence electrons. The van der Waals surface area contributed by atoms with Crippen molar-refractivity contribution in [1.82, 2.24) is 9.55 Å². The van der Waals surface area contributed by atoms with Crippen molar-refractivity contribution in [2.75, 3.05) is 5.75 Å². The highest BCUT2D eigenvalue weighted by molar-refractivity contribution is 7.99. The van der Waals surface area contributed by atoms with E-state index in [0.29, 0.717) is 22.8 Å². The number of nitrogens with zero attached hydrogens (tertiary/aromatic N) is 3. The molecule has 0 saturated heterocycles. The van der Waals surface area contributed by atoms with E-state index in [-0.39, 0.29) is 11.5 Å². The zero-order chi connectivity index (χ0) is 17.8. The van der Waals surface area contributed by atoms with Crippen molar-refractivity contribution in [3.8, 4) is 16.5 Å². The van der Waals surface area contributed by atoms with Crippen LogP contribution in [0.3, 0.4) is 0 Å². The zero-order valence-electron chi connectivity index (χ0n) is 13.8. The first-order chi connectivity index (χ1) is 12.1. The van der Waals surface area contributed by atoms with Crippen molar-refractivity contribution in [3.63, 3.8) is 0 Å². The van der Waals surface area contributed by atoms with Gasteiger partial charge in [0.15, 0.2) is 5.16 Å². The molecule has 3 aromatic rings. The summed E-state index contributed by atoms with van der Waals surface area (Å²) in [7, 11) is 0. The number of thioether (sulfide) groups is 1. The van der Waals surface area contributed by atoms with E-state index in [1.54, 1.807) is 10.6 Å². The lowest BCUT2D eigenvalue weighted by atomic mass is 10.2. The van der Waals surface area contributed by atoms with Crippen LogP contribution in [-0.2, 0) is 6.54 Å². The first-order valence-electron chi connectivity index (χ1n) is 7.87. The fraction of sp³-hybridized carbons (Fsp3) is 0.211. The van der Waals surface area contributed by atoms with Crippen molar-refractivity contribution in [3.05, 3.63) is 59.4 Å². The van der Waals surface area contributed by atoms with Gasteiger partial charge in [-0.05, 0) is 18.6 Å². The number of allylic oxidation sites excluding steroid dienone is 1. The summed E-state index contributed by atoms with van der Waals surface area (Å²) in [5.74, 6) is 0.501. The van der Waals surface area contributed by atoms with E-state index in [9.17, 15) is 4.79 Å². The van der Waals surface area contributed by atoms with Gasteiger partial charge >= 0.3 is 0 Å². The molecule has 0 unspecified atom stereocenters. The summed E-state index contributed by atoms with van der Waals surface area (Å²) in [6, 6.07) is 14.1. The van der Waals surface area contributed by atoms with E-state index in [2.05, 4.69) is 12.6 Å². The molecule has 2 aromatic heterocycles. The first-order valence-corrected chi connectivity index (χ1v) is 9.67. The minimum atomic E-state index is -0.0991. The molecule has 0 saturated carbocycles. The molecule has 2 heterocycles. The van der Waals surface area contributed by atoms with Crippen LogP contribution in [0.5, 0.6) is 0 Å². The summed E-state index contributed by atoms with van der Waals surface area (Å²) in [6.07, 6.45) is 1.69. The van der Waals surface area contributed by atoms with Crippen molar-refractivity contribution >= 4 is 33.3 Å².